The first-order valence-corrected chi connectivity index (χ1v) is 7.04. The molecular weight excluding hydrogens is 274 g/mol. The van der Waals surface area contributed by atoms with Crippen LogP contribution < -0.4 is 5.32 Å². The van der Waals surface area contributed by atoms with Gasteiger partial charge in [0.2, 0.25) is 0 Å². The molecule has 2 rings (SSSR count). The fourth-order valence-corrected chi connectivity index (χ4v) is 1.94. The normalized spacial score (nSPS) is 12.2. The Kier molecular flexibility index (Phi) is 4.79. The van der Waals surface area contributed by atoms with Crippen LogP contribution in [-0.2, 0) is 6.54 Å². The lowest BCUT2D eigenvalue weighted by atomic mass is 10.1. The van der Waals surface area contributed by atoms with E-state index in [1.165, 1.54) is 0 Å². The minimum Gasteiger partial charge on any atom is -0.350 e. The van der Waals surface area contributed by atoms with E-state index in [1.54, 1.807) is 17.1 Å². The van der Waals surface area contributed by atoms with Crippen LogP contribution in [0.15, 0.2) is 36.7 Å². The fourth-order valence-electron chi connectivity index (χ4n) is 1.78. The smallest absolute Gasteiger partial charge is 0.251 e. The van der Waals surface area contributed by atoms with Gasteiger partial charge in [0.25, 0.3) is 5.91 Å². The molecule has 1 aromatic carbocycles. The van der Waals surface area contributed by atoms with Gasteiger partial charge in [0.05, 0.1) is 17.8 Å². The minimum absolute atomic E-state index is 0.0342. The highest BCUT2D eigenvalue weighted by molar-refractivity contribution is 6.30. The lowest BCUT2D eigenvalue weighted by Crippen LogP contribution is -2.31. The zero-order chi connectivity index (χ0) is 14.5. The van der Waals surface area contributed by atoms with Crippen molar-refractivity contribution in [3.8, 4) is 0 Å². The molecule has 0 saturated carbocycles. The Bertz CT molecular complexity index is 577. The summed E-state index contributed by atoms with van der Waals surface area (Å²) in [5, 5.41) is 7.69. The zero-order valence-corrected chi connectivity index (χ0v) is 12.4. The molecule has 0 bridgehead atoms. The number of aromatic nitrogens is 2. The topological polar surface area (TPSA) is 46.9 Å². The van der Waals surface area contributed by atoms with Gasteiger partial charge >= 0.3 is 0 Å². The van der Waals surface area contributed by atoms with Crippen LogP contribution in [0.2, 0.25) is 5.02 Å². The molecule has 20 heavy (non-hydrogen) atoms. The zero-order valence-electron chi connectivity index (χ0n) is 11.6. The van der Waals surface area contributed by atoms with E-state index in [0.29, 0.717) is 17.1 Å². The van der Waals surface area contributed by atoms with Crippen molar-refractivity contribution in [2.75, 3.05) is 0 Å². The molecule has 0 spiro atoms. The van der Waals surface area contributed by atoms with Gasteiger partial charge in [0.1, 0.15) is 0 Å². The molecule has 4 nitrogen and oxygen atoms in total. The lowest BCUT2D eigenvalue weighted by Gasteiger charge is -2.11. The summed E-state index contributed by atoms with van der Waals surface area (Å²) in [5.41, 5.74) is 1.75. The SMILES string of the molecule is CC[C@@H](C)NC(=O)c1ccc(Cn2cc(Cl)cn2)cc1. The average molecular weight is 292 g/mol. The number of carbonyl (C=O) groups excluding carboxylic acids is 1. The summed E-state index contributed by atoms with van der Waals surface area (Å²) in [7, 11) is 0. The molecule has 2 aromatic rings. The third-order valence-corrected chi connectivity index (χ3v) is 3.35. The molecule has 0 radical (unpaired) electrons. The van der Waals surface area contributed by atoms with E-state index in [0.717, 1.165) is 12.0 Å². The summed E-state index contributed by atoms with van der Waals surface area (Å²) >= 11 is 5.82. The van der Waals surface area contributed by atoms with E-state index in [4.69, 9.17) is 11.6 Å². The highest BCUT2D eigenvalue weighted by Crippen LogP contribution is 2.09. The Labute approximate surface area is 123 Å². The molecule has 5 heteroatoms. The van der Waals surface area contributed by atoms with E-state index < -0.39 is 0 Å². The third-order valence-electron chi connectivity index (χ3n) is 3.15. The lowest BCUT2D eigenvalue weighted by molar-refractivity contribution is 0.0939. The maximum atomic E-state index is 11.9. The first-order chi connectivity index (χ1) is 9.58. The Morgan fingerprint density at radius 3 is 2.65 bits per heavy atom. The van der Waals surface area contributed by atoms with Crippen LogP contribution in [-0.4, -0.2) is 21.7 Å². The highest BCUT2D eigenvalue weighted by Gasteiger charge is 2.08. The van der Waals surface area contributed by atoms with Crippen LogP contribution in [0.4, 0.5) is 0 Å². The molecule has 1 N–H and O–H groups in total. The first-order valence-electron chi connectivity index (χ1n) is 6.66. The molecule has 0 aliphatic carbocycles. The Hall–Kier alpha value is -1.81. The second-order valence-electron chi connectivity index (χ2n) is 4.84. The van der Waals surface area contributed by atoms with Crippen LogP contribution in [0.1, 0.15) is 36.2 Å². The van der Waals surface area contributed by atoms with Crippen molar-refractivity contribution >= 4 is 17.5 Å². The third kappa shape index (κ3) is 3.84. The fraction of sp³-hybridized carbons (Fsp3) is 0.333. The van der Waals surface area contributed by atoms with Crippen molar-refractivity contribution in [1.29, 1.82) is 0 Å². The quantitative estimate of drug-likeness (QED) is 0.920. The van der Waals surface area contributed by atoms with Gasteiger partial charge in [0.15, 0.2) is 0 Å². The number of carbonyl (C=O) groups is 1. The molecule has 1 atom stereocenters. The standard InChI is InChI=1S/C15H18ClN3O/c1-3-11(2)18-15(20)13-6-4-12(5-7-13)9-19-10-14(16)8-17-19/h4-8,10-11H,3,9H2,1-2H3,(H,18,20)/t11-/m1/s1. The summed E-state index contributed by atoms with van der Waals surface area (Å²) in [6, 6.07) is 7.71. The second kappa shape index (κ2) is 6.57. The summed E-state index contributed by atoms with van der Waals surface area (Å²) in [5.74, 6) is -0.0342. The van der Waals surface area contributed by atoms with Crippen molar-refractivity contribution in [3.63, 3.8) is 0 Å². The van der Waals surface area contributed by atoms with Gasteiger partial charge in [-0.2, -0.15) is 5.10 Å². The van der Waals surface area contributed by atoms with E-state index in [-0.39, 0.29) is 11.9 Å². The van der Waals surface area contributed by atoms with E-state index in [2.05, 4.69) is 10.4 Å². The maximum absolute atomic E-state index is 11.9. The monoisotopic (exact) mass is 291 g/mol. The van der Waals surface area contributed by atoms with E-state index in [1.807, 2.05) is 38.1 Å². The van der Waals surface area contributed by atoms with Gasteiger partial charge in [0, 0.05) is 17.8 Å². The molecule has 1 amide bonds. The summed E-state index contributed by atoms with van der Waals surface area (Å²) in [6.07, 6.45) is 4.30. The second-order valence-corrected chi connectivity index (χ2v) is 5.27. The van der Waals surface area contributed by atoms with Crippen LogP contribution in [0, 0.1) is 0 Å². The van der Waals surface area contributed by atoms with Crippen LogP contribution >= 0.6 is 11.6 Å². The number of amides is 1. The highest BCUT2D eigenvalue weighted by atomic mass is 35.5. The van der Waals surface area contributed by atoms with Gasteiger partial charge in [-0.3, -0.25) is 9.48 Å². The number of rotatable bonds is 5. The predicted octanol–water partition coefficient (Wildman–Crippen LogP) is 3.11. The molecule has 0 saturated heterocycles. The molecule has 0 aliphatic rings. The number of nitrogens with one attached hydrogen (secondary N) is 1. The molecule has 0 fully saturated rings. The van der Waals surface area contributed by atoms with Gasteiger partial charge < -0.3 is 5.32 Å². The number of hydrogen-bond acceptors (Lipinski definition) is 2. The van der Waals surface area contributed by atoms with Crippen molar-refractivity contribution in [2.45, 2.75) is 32.9 Å². The number of nitrogens with zero attached hydrogens (tertiary/aromatic N) is 2. The van der Waals surface area contributed by atoms with Crippen molar-refractivity contribution < 1.29 is 4.79 Å². The van der Waals surface area contributed by atoms with Gasteiger partial charge in [-0.25, -0.2) is 0 Å². The van der Waals surface area contributed by atoms with Crippen LogP contribution in [0.3, 0.4) is 0 Å². The Balaban J connectivity index is 2.00. The van der Waals surface area contributed by atoms with Gasteiger partial charge in [-0.15, -0.1) is 0 Å². The van der Waals surface area contributed by atoms with E-state index >= 15 is 0 Å². The van der Waals surface area contributed by atoms with Crippen molar-refractivity contribution in [2.24, 2.45) is 0 Å². The summed E-state index contributed by atoms with van der Waals surface area (Å²) in [6.45, 7) is 4.68. The molecule has 1 heterocycles. The van der Waals surface area contributed by atoms with E-state index in [9.17, 15) is 4.79 Å². The molecule has 1 aromatic heterocycles. The van der Waals surface area contributed by atoms with Crippen molar-refractivity contribution in [3.05, 3.63) is 52.8 Å². The van der Waals surface area contributed by atoms with Crippen molar-refractivity contribution in [1.82, 2.24) is 15.1 Å². The largest absolute Gasteiger partial charge is 0.350 e. The minimum atomic E-state index is -0.0342. The van der Waals surface area contributed by atoms with Gasteiger partial charge in [-0.1, -0.05) is 30.7 Å². The molecule has 106 valence electrons. The van der Waals surface area contributed by atoms with Gasteiger partial charge in [-0.05, 0) is 31.0 Å². The molecule has 0 unspecified atom stereocenters. The predicted molar refractivity (Wildman–Crippen MR) is 80.0 cm³/mol. The van der Waals surface area contributed by atoms with Crippen LogP contribution in [0.5, 0.6) is 0 Å². The number of benzene rings is 1. The molecule has 0 aliphatic heterocycles. The maximum Gasteiger partial charge on any atom is 0.251 e. The summed E-state index contributed by atoms with van der Waals surface area (Å²) in [4.78, 5) is 11.9. The Morgan fingerprint density at radius 2 is 2.10 bits per heavy atom. The van der Waals surface area contributed by atoms with Crippen LogP contribution in [0.25, 0.3) is 0 Å². The first kappa shape index (κ1) is 14.6. The Morgan fingerprint density at radius 1 is 1.40 bits per heavy atom. The number of halogens is 1. The number of hydrogen-bond donors (Lipinski definition) is 1. The molecular formula is C15H18ClN3O. The average Bonchev–Trinajstić information content (AvgIpc) is 2.84. The summed E-state index contributed by atoms with van der Waals surface area (Å²) < 4.78 is 1.76.